The quantitative estimate of drug-likeness (QED) is 0.140. The van der Waals surface area contributed by atoms with E-state index in [2.05, 4.69) is 26.6 Å². The molecule has 1 atom stereocenters. The van der Waals surface area contributed by atoms with Crippen molar-refractivity contribution < 1.29 is 36.6 Å². The molecular weight excluding hydrogens is 694 g/mol. The normalized spacial score (nSPS) is 20.4. The number of amides is 1. The fourth-order valence-corrected chi connectivity index (χ4v) is 8.30. The Morgan fingerprint density at radius 3 is 2.55 bits per heavy atom. The molecule has 1 spiro atoms. The Bertz CT molecular complexity index is 2050. The lowest BCUT2D eigenvalue weighted by Gasteiger charge is -2.54. The molecule has 1 aliphatic carbocycles. The molecule has 3 aliphatic heterocycles. The van der Waals surface area contributed by atoms with Crippen LogP contribution in [0.4, 0.5) is 23.4 Å². The molecule has 5 heterocycles. The molecule has 3 saturated heterocycles. The number of anilines is 1. The number of aromatic nitrogens is 4. The molecule has 0 unspecified atom stereocenters. The average molecular weight is 738 g/mol. The first-order valence-electron chi connectivity index (χ1n) is 18.2. The number of carbonyl (C=O) groups is 1. The molecule has 1 N–H and O–H groups in total. The summed E-state index contributed by atoms with van der Waals surface area (Å²) in [4.78, 5) is 27.9. The Morgan fingerprint density at radius 2 is 1.85 bits per heavy atom. The van der Waals surface area contributed by atoms with Gasteiger partial charge in [-0.05, 0) is 73.8 Å². The Morgan fingerprint density at radius 1 is 1.08 bits per heavy atom. The second kappa shape index (κ2) is 13.7. The van der Waals surface area contributed by atoms with E-state index < -0.39 is 24.5 Å². The number of nitrogens with one attached hydrogen (secondary N) is 1. The average Bonchev–Trinajstić information content (AvgIpc) is 3.68. The summed E-state index contributed by atoms with van der Waals surface area (Å²) >= 11 is 0. The first-order chi connectivity index (χ1) is 25.4. The van der Waals surface area contributed by atoms with Crippen LogP contribution in [0.3, 0.4) is 0 Å². The van der Waals surface area contributed by atoms with Gasteiger partial charge in [0, 0.05) is 74.7 Å². The third-order valence-corrected chi connectivity index (χ3v) is 11.2. The molecule has 0 bridgehead atoms. The molecule has 4 aromatic rings. The molecule has 4 fully saturated rings. The smallest absolute Gasteiger partial charge is 0.422 e. The summed E-state index contributed by atoms with van der Waals surface area (Å²) in [6.45, 7) is 8.43. The number of likely N-dealkylation sites (tertiary alicyclic amines) is 2. The third kappa shape index (κ3) is 7.00. The van der Waals surface area contributed by atoms with E-state index in [1.807, 2.05) is 25.1 Å². The number of ether oxygens (including phenoxy) is 3. The fourth-order valence-electron chi connectivity index (χ4n) is 8.30. The highest BCUT2D eigenvalue weighted by Gasteiger charge is 2.47. The number of halogens is 4. The minimum absolute atomic E-state index is 0.0493. The summed E-state index contributed by atoms with van der Waals surface area (Å²) in [5.41, 5.74) is 3.97. The van der Waals surface area contributed by atoms with Crippen molar-refractivity contribution in [3.8, 4) is 22.9 Å². The summed E-state index contributed by atoms with van der Waals surface area (Å²) in [6.07, 6.45) is 0.835. The summed E-state index contributed by atoms with van der Waals surface area (Å²) in [5, 5.41) is 8.64. The number of alkyl halides is 3. The molecule has 1 saturated carbocycles. The van der Waals surface area contributed by atoms with Gasteiger partial charge in [-0.2, -0.15) is 28.2 Å². The minimum Gasteiger partial charge on any atom is -0.481 e. The van der Waals surface area contributed by atoms with Crippen molar-refractivity contribution in [2.24, 2.45) is 5.41 Å². The predicted octanol–water partition coefficient (Wildman–Crippen LogP) is 6.31. The van der Waals surface area contributed by atoms with Gasteiger partial charge < -0.3 is 24.0 Å². The minimum atomic E-state index is -4.60. The standard InChI is InChI=1S/C38H43F4N7O4/c1-22-4-7-29-28(17-43-46-29)30(22)31-26(24-5-6-24)16-27-32(33(31)52-21-38(40,41)42)44-36(53-25-8-11-47(18-25)14-15-51-3)45-34(27)48-12-9-37(10-13-48)19-49(20-37)35(50)23(2)39/h4,7,16-17,24-25H,2,5-6,8-15,18-21H2,1,3H3,(H,43,46)/t25-/m0/s1. The number of rotatable bonds is 11. The van der Waals surface area contributed by atoms with Crippen LogP contribution < -0.4 is 14.4 Å². The van der Waals surface area contributed by atoms with Crippen molar-refractivity contribution in [2.45, 2.75) is 57.2 Å². The van der Waals surface area contributed by atoms with Gasteiger partial charge in [0.05, 0.1) is 18.3 Å². The number of piperidine rings is 1. The molecule has 4 aliphatic rings. The topological polar surface area (TPSA) is 109 Å². The van der Waals surface area contributed by atoms with E-state index in [4.69, 9.17) is 24.2 Å². The van der Waals surface area contributed by atoms with Crippen LogP contribution in [0.15, 0.2) is 36.8 Å². The lowest BCUT2D eigenvalue weighted by atomic mass is 9.72. The lowest BCUT2D eigenvalue weighted by Crippen LogP contribution is -2.62. The van der Waals surface area contributed by atoms with Gasteiger partial charge in [-0.15, -0.1) is 0 Å². The number of aromatic amines is 1. The van der Waals surface area contributed by atoms with Crippen molar-refractivity contribution in [1.82, 2.24) is 30.0 Å². The maximum Gasteiger partial charge on any atom is 0.422 e. The monoisotopic (exact) mass is 737 g/mol. The zero-order valence-electron chi connectivity index (χ0n) is 29.9. The van der Waals surface area contributed by atoms with Crippen LogP contribution >= 0.6 is 0 Å². The highest BCUT2D eigenvalue weighted by molar-refractivity contribution is 6.06. The molecule has 11 nitrogen and oxygen atoms in total. The number of hydrogen-bond acceptors (Lipinski definition) is 9. The number of hydrogen-bond donors (Lipinski definition) is 1. The van der Waals surface area contributed by atoms with E-state index in [1.54, 1.807) is 13.3 Å². The predicted molar refractivity (Wildman–Crippen MR) is 191 cm³/mol. The second-order valence-corrected chi connectivity index (χ2v) is 15.0. The summed E-state index contributed by atoms with van der Waals surface area (Å²) in [5.74, 6) is -0.895. The molecule has 2 aromatic heterocycles. The summed E-state index contributed by atoms with van der Waals surface area (Å²) in [6, 6.07) is 5.96. The van der Waals surface area contributed by atoms with Gasteiger partial charge in [0.2, 0.25) is 0 Å². The van der Waals surface area contributed by atoms with E-state index >= 15 is 0 Å². The first kappa shape index (κ1) is 35.5. The van der Waals surface area contributed by atoms with E-state index in [1.165, 1.54) is 4.90 Å². The Kier molecular flexibility index (Phi) is 9.20. The van der Waals surface area contributed by atoms with Gasteiger partial charge in [-0.25, -0.2) is 4.39 Å². The van der Waals surface area contributed by atoms with Crippen molar-refractivity contribution in [2.75, 3.05) is 71.0 Å². The first-order valence-corrected chi connectivity index (χ1v) is 18.2. The molecular formula is C38H43F4N7O4. The highest BCUT2D eigenvalue weighted by atomic mass is 19.4. The van der Waals surface area contributed by atoms with Gasteiger partial charge in [0.1, 0.15) is 17.4 Å². The molecule has 0 radical (unpaired) electrons. The summed E-state index contributed by atoms with van der Waals surface area (Å²) in [7, 11) is 1.66. The molecule has 53 heavy (non-hydrogen) atoms. The zero-order valence-corrected chi connectivity index (χ0v) is 29.9. The summed E-state index contributed by atoms with van der Waals surface area (Å²) < 4.78 is 73.3. The Hall–Kier alpha value is -4.50. The zero-order chi connectivity index (χ0) is 37.1. The van der Waals surface area contributed by atoms with Crippen molar-refractivity contribution >= 4 is 33.5 Å². The van der Waals surface area contributed by atoms with Crippen molar-refractivity contribution in [3.63, 3.8) is 0 Å². The molecule has 8 rings (SSSR count). The highest BCUT2D eigenvalue weighted by Crippen LogP contribution is 2.53. The number of nitrogens with zero attached hydrogens (tertiary/aromatic N) is 6. The largest absolute Gasteiger partial charge is 0.481 e. The molecule has 15 heteroatoms. The number of benzene rings is 2. The van der Waals surface area contributed by atoms with E-state index in [9.17, 15) is 22.4 Å². The maximum absolute atomic E-state index is 14.0. The van der Waals surface area contributed by atoms with E-state index in [-0.39, 0.29) is 34.7 Å². The van der Waals surface area contributed by atoms with Crippen LogP contribution in [-0.4, -0.2) is 114 Å². The van der Waals surface area contributed by atoms with Crippen LogP contribution in [0.5, 0.6) is 11.8 Å². The number of H-pyrrole nitrogens is 1. The Balaban J connectivity index is 1.25. The number of fused-ring (bicyclic) bond motifs is 2. The third-order valence-electron chi connectivity index (χ3n) is 11.2. The second-order valence-electron chi connectivity index (χ2n) is 15.0. The maximum atomic E-state index is 14.0. The number of aryl methyl sites for hydroxylation is 1. The molecule has 2 aromatic carbocycles. The van der Waals surface area contributed by atoms with Gasteiger partial charge in [-0.3, -0.25) is 14.8 Å². The van der Waals surface area contributed by atoms with Crippen LogP contribution in [-0.2, 0) is 9.53 Å². The van der Waals surface area contributed by atoms with E-state index in [0.717, 1.165) is 72.8 Å². The van der Waals surface area contributed by atoms with Crippen LogP contribution in [0.2, 0.25) is 0 Å². The van der Waals surface area contributed by atoms with Crippen molar-refractivity contribution in [1.29, 1.82) is 0 Å². The molecule has 282 valence electrons. The van der Waals surface area contributed by atoms with Gasteiger partial charge in [-0.1, -0.05) is 12.6 Å². The fraction of sp³-hybridized carbons (Fsp3) is 0.526. The van der Waals surface area contributed by atoms with Crippen LogP contribution in [0.1, 0.15) is 49.1 Å². The SMILES string of the molecule is C=C(F)C(=O)N1CC2(CCN(c3nc(O[C@H]4CCN(CCOC)C4)nc4c(OCC(F)(F)F)c(-c5c(C)ccc6[nH]ncc56)c(C5CC5)cc34)CC2)C1. The van der Waals surface area contributed by atoms with Crippen molar-refractivity contribution in [3.05, 3.63) is 47.9 Å². The molecule has 1 amide bonds. The number of methoxy groups -OCH3 is 1. The number of carbonyl (C=O) groups excluding carboxylic acids is 1. The van der Waals surface area contributed by atoms with Gasteiger partial charge >= 0.3 is 12.2 Å². The Labute approximate surface area is 304 Å². The van der Waals surface area contributed by atoms with Crippen LogP contribution in [0, 0.1) is 12.3 Å². The van der Waals surface area contributed by atoms with Crippen LogP contribution in [0.25, 0.3) is 32.9 Å². The van der Waals surface area contributed by atoms with Gasteiger partial charge in [0.25, 0.3) is 5.91 Å². The van der Waals surface area contributed by atoms with E-state index in [0.29, 0.717) is 56.1 Å². The van der Waals surface area contributed by atoms with Gasteiger partial charge in [0.15, 0.2) is 18.2 Å². The lowest BCUT2D eigenvalue weighted by molar-refractivity contribution is -0.153.